The Bertz CT molecular complexity index is 154. The molecule has 0 aromatic heterocycles. The summed E-state index contributed by atoms with van der Waals surface area (Å²) in [5.41, 5.74) is 5.56. The van der Waals surface area contributed by atoms with Crippen LogP contribution in [0.1, 0.15) is 59.3 Å². The van der Waals surface area contributed by atoms with Crippen LogP contribution >= 0.6 is 0 Å². The molecule has 2 nitrogen and oxygen atoms in total. The van der Waals surface area contributed by atoms with E-state index in [2.05, 4.69) is 20.8 Å². The molecule has 0 rings (SSSR count). The van der Waals surface area contributed by atoms with Crippen molar-refractivity contribution in [2.75, 3.05) is 17.8 Å². The Hall–Kier alpha value is 0.719. The van der Waals surface area contributed by atoms with E-state index >= 15 is 0 Å². The Balaban J connectivity index is 4.41. The monoisotopic (exact) mass is 365 g/mol. The van der Waals surface area contributed by atoms with E-state index < -0.39 is 18.4 Å². The van der Waals surface area contributed by atoms with Gasteiger partial charge in [0.2, 0.25) is 0 Å². The molecule has 0 aromatic carbocycles. The van der Waals surface area contributed by atoms with E-state index in [1.165, 1.54) is 51.8 Å². The van der Waals surface area contributed by atoms with Crippen LogP contribution in [0.3, 0.4) is 0 Å². The molecule has 18 heavy (non-hydrogen) atoms. The first-order valence-electron chi connectivity index (χ1n) is 8.02. The number of rotatable bonds is 13. The summed E-state index contributed by atoms with van der Waals surface area (Å²) in [6, 6.07) is 0. The van der Waals surface area contributed by atoms with Crippen molar-refractivity contribution < 1.29 is 4.74 Å². The Morgan fingerprint density at radius 3 is 1.61 bits per heavy atom. The summed E-state index contributed by atoms with van der Waals surface area (Å²) in [4.78, 5) is 0. The predicted molar refractivity (Wildman–Crippen MR) is 84.8 cm³/mol. The number of nitrogens with two attached hydrogens (primary N) is 1. The van der Waals surface area contributed by atoms with Gasteiger partial charge < -0.3 is 0 Å². The second-order valence-corrected chi connectivity index (χ2v) is 19.3. The van der Waals surface area contributed by atoms with Crippen LogP contribution in [-0.2, 0) is 4.74 Å². The molecule has 0 bridgehead atoms. The quantitative estimate of drug-likeness (QED) is 0.390. The van der Waals surface area contributed by atoms with Crippen LogP contribution in [0.15, 0.2) is 0 Å². The van der Waals surface area contributed by atoms with Crippen LogP contribution in [0, 0.1) is 0 Å². The summed E-state index contributed by atoms with van der Waals surface area (Å²) < 4.78 is 11.7. The van der Waals surface area contributed by atoms with Gasteiger partial charge in [-0.3, -0.25) is 0 Å². The first kappa shape index (κ1) is 18.7. The molecule has 2 N–H and O–H groups in total. The molecular formula is C15H35NOSn. The van der Waals surface area contributed by atoms with Gasteiger partial charge in [-0.2, -0.15) is 0 Å². The second-order valence-electron chi connectivity index (χ2n) is 5.65. The third-order valence-electron chi connectivity index (χ3n) is 3.85. The van der Waals surface area contributed by atoms with Gasteiger partial charge >= 0.3 is 119 Å². The van der Waals surface area contributed by atoms with E-state index in [-0.39, 0.29) is 0 Å². The van der Waals surface area contributed by atoms with Crippen LogP contribution in [0.4, 0.5) is 0 Å². The van der Waals surface area contributed by atoms with Crippen LogP contribution in [0.5, 0.6) is 0 Å². The first-order chi connectivity index (χ1) is 8.74. The fourth-order valence-electron chi connectivity index (χ4n) is 2.62. The third-order valence-corrected chi connectivity index (χ3v) is 18.3. The molecular weight excluding hydrogens is 329 g/mol. The standard InChI is InChI=1S/3C4H9.C3H8NO.Sn/c3*1-3-4-2;1-5-3-2-4;/h3*1,3-4H2,2H3;1-4H2;. The molecule has 0 spiro atoms. The van der Waals surface area contributed by atoms with Gasteiger partial charge in [0, 0.05) is 0 Å². The molecule has 0 aliphatic carbocycles. The van der Waals surface area contributed by atoms with Crippen LogP contribution < -0.4 is 5.73 Å². The van der Waals surface area contributed by atoms with E-state index in [9.17, 15) is 0 Å². The molecule has 0 aliphatic rings. The first-order valence-corrected chi connectivity index (χ1v) is 16.1. The minimum absolute atomic E-state index is 0.678. The maximum atomic E-state index is 5.91. The summed E-state index contributed by atoms with van der Waals surface area (Å²) in [6.45, 7) is 8.39. The average molecular weight is 364 g/mol. The second kappa shape index (κ2) is 12.7. The van der Waals surface area contributed by atoms with Crippen molar-refractivity contribution in [2.45, 2.75) is 72.6 Å². The summed E-state index contributed by atoms with van der Waals surface area (Å²) in [6.07, 6.45) is 8.30. The Morgan fingerprint density at radius 1 is 0.833 bits per heavy atom. The summed E-state index contributed by atoms with van der Waals surface area (Å²) in [5.74, 6) is 0. The molecule has 0 unspecified atom stereocenters. The molecule has 0 radical (unpaired) electrons. The fourth-order valence-corrected chi connectivity index (χ4v) is 17.1. The zero-order valence-electron chi connectivity index (χ0n) is 13.0. The van der Waals surface area contributed by atoms with Gasteiger partial charge in [-0.1, -0.05) is 0 Å². The van der Waals surface area contributed by atoms with Crippen LogP contribution in [0.25, 0.3) is 0 Å². The maximum absolute atomic E-state index is 5.91. The molecule has 110 valence electrons. The Labute approximate surface area is 119 Å². The van der Waals surface area contributed by atoms with Crippen molar-refractivity contribution in [3.8, 4) is 0 Å². The van der Waals surface area contributed by atoms with Gasteiger partial charge in [0.25, 0.3) is 0 Å². The summed E-state index contributed by atoms with van der Waals surface area (Å²) in [5, 5.41) is 0. The van der Waals surface area contributed by atoms with Crippen molar-refractivity contribution in [1.29, 1.82) is 0 Å². The number of unbranched alkanes of at least 4 members (excludes halogenated alkanes) is 3. The third kappa shape index (κ3) is 8.76. The van der Waals surface area contributed by atoms with Crippen LogP contribution in [0.2, 0.25) is 13.3 Å². The average Bonchev–Trinajstić information content (AvgIpc) is 2.40. The van der Waals surface area contributed by atoms with Crippen molar-refractivity contribution in [3.63, 3.8) is 0 Å². The normalized spacial score (nSPS) is 12.0. The Kier molecular flexibility index (Phi) is 13.2. The summed E-state index contributed by atoms with van der Waals surface area (Å²) in [7, 11) is 0. The zero-order valence-corrected chi connectivity index (χ0v) is 15.8. The van der Waals surface area contributed by atoms with Gasteiger partial charge in [0.1, 0.15) is 0 Å². The fraction of sp³-hybridized carbons (Fsp3) is 1.00. The van der Waals surface area contributed by atoms with E-state index in [0.29, 0.717) is 6.54 Å². The Morgan fingerprint density at radius 2 is 1.28 bits per heavy atom. The van der Waals surface area contributed by atoms with Gasteiger partial charge in [0.05, 0.1) is 0 Å². The van der Waals surface area contributed by atoms with Crippen molar-refractivity contribution in [1.82, 2.24) is 0 Å². The van der Waals surface area contributed by atoms with E-state index in [4.69, 9.17) is 10.5 Å². The molecule has 0 heterocycles. The summed E-state index contributed by atoms with van der Waals surface area (Å²) >= 11 is -1.99. The minimum atomic E-state index is -1.99. The van der Waals surface area contributed by atoms with Crippen molar-refractivity contribution >= 4 is 18.4 Å². The van der Waals surface area contributed by atoms with Gasteiger partial charge in [-0.25, -0.2) is 0 Å². The van der Waals surface area contributed by atoms with E-state index in [1.807, 2.05) is 0 Å². The van der Waals surface area contributed by atoms with Gasteiger partial charge in [-0.05, 0) is 0 Å². The van der Waals surface area contributed by atoms with E-state index in [1.54, 1.807) is 0 Å². The van der Waals surface area contributed by atoms with E-state index in [0.717, 1.165) is 11.2 Å². The van der Waals surface area contributed by atoms with Crippen molar-refractivity contribution in [2.24, 2.45) is 5.73 Å². The van der Waals surface area contributed by atoms with Crippen LogP contribution in [-0.4, -0.2) is 36.2 Å². The molecule has 0 aliphatic heterocycles. The number of hydrogen-bond donors (Lipinski definition) is 1. The predicted octanol–water partition coefficient (Wildman–Crippen LogP) is 4.35. The number of ether oxygens (including phenoxy) is 1. The SMILES string of the molecule is CCC[CH2][Sn]([CH2]CCC)([CH2]CCC)[CH2]OCCN. The van der Waals surface area contributed by atoms with Gasteiger partial charge in [0.15, 0.2) is 0 Å². The molecule has 0 fully saturated rings. The van der Waals surface area contributed by atoms with Crippen molar-refractivity contribution in [3.05, 3.63) is 0 Å². The molecule has 3 heteroatoms. The molecule has 0 saturated carbocycles. The molecule has 0 atom stereocenters. The molecule has 0 saturated heterocycles. The number of hydrogen-bond acceptors (Lipinski definition) is 2. The van der Waals surface area contributed by atoms with Gasteiger partial charge in [-0.15, -0.1) is 0 Å². The molecule has 0 aromatic rings. The topological polar surface area (TPSA) is 35.2 Å². The zero-order chi connectivity index (χ0) is 13.7. The molecule has 0 amide bonds.